The van der Waals surface area contributed by atoms with Gasteiger partial charge in [-0.25, -0.2) is 0 Å². The Balaban J connectivity index is 4.58. The van der Waals surface area contributed by atoms with E-state index in [4.69, 9.17) is 15.9 Å². The van der Waals surface area contributed by atoms with Crippen molar-refractivity contribution in [2.45, 2.75) is 64.3 Å². The van der Waals surface area contributed by atoms with E-state index in [1.165, 1.54) is 0 Å². The highest BCUT2D eigenvalue weighted by molar-refractivity contribution is 6.00. The quantitative estimate of drug-likeness (QED) is 0.453. The van der Waals surface area contributed by atoms with Gasteiger partial charge in [-0.3, -0.25) is 24.1 Å². The number of rotatable bonds is 12. The van der Waals surface area contributed by atoms with Crippen LogP contribution in [-0.4, -0.2) is 51.5 Å². The minimum Gasteiger partial charge on any atom is -0.481 e. The van der Waals surface area contributed by atoms with Crippen molar-refractivity contribution in [1.29, 1.82) is 0 Å². The Morgan fingerprint density at radius 1 is 0.957 bits per heavy atom. The second kappa shape index (κ2) is 11.6. The van der Waals surface area contributed by atoms with Crippen LogP contribution in [0.3, 0.4) is 0 Å². The first-order valence-corrected chi connectivity index (χ1v) is 7.83. The lowest BCUT2D eigenvalue weighted by Crippen LogP contribution is -2.48. The van der Waals surface area contributed by atoms with Crippen LogP contribution in [0, 0.1) is 0 Å². The van der Waals surface area contributed by atoms with E-state index in [2.05, 4.69) is 6.92 Å². The van der Waals surface area contributed by atoms with Crippen molar-refractivity contribution in [1.82, 2.24) is 4.90 Å². The highest BCUT2D eigenvalue weighted by atomic mass is 16.4. The van der Waals surface area contributed by atoms with Crippen LogP contribution in [0.5, 0.6) is 0 Å². The fourth-order valence-electron chi connectivity index (χ4n) is 2.04. The van der Waals surface area contributed by atoms with E-state index in [-0.39, 0.29) is 19.3 Å². The first kappa shape index (κ1) is 21.0. The number of nitrogens with zero attached hydrogens (tertiary/aromatic N) is 1. The highest BCUT2D eigenvalue weighted by Crippen LogP contribution is 2.09. The summed E-state index contributed by atoms with van der Waals surface area (Å²) in [6.45, 7) is 1.31. The first-order chi connectivity index (χ1) is 10.8. The molecule has 4 N–H and O–H groups in total. The molecule has 8 nitrogen and oxygen atoms in total. The van der Waals surface area contributed by atoms with E-state index in [1.54, 1.807) is 0 Å². The van der Waals surface area contributed by atoms with Crippen LogP contribution in [0.15, 0.2) is 0 Å². The normalized spacial score (nSPS) is 11.7. The van der Waals surface area contributed by atoms with Crippen LogP contribution >= 0.6 is 0 Å². The number of hydrogen-bond acceptors (Lipinski definition) is 5. The summed E-state index contributed by atoms with van der Waals surface area (Å²) in [6.07, 6.45) is 4.13. The molecule has 8 heteroatoms. The zero-order valence-corrected chi connectivity index (χ0v) is 13.5. The third kappa shape index (κ3) is 9.62. The average molecular weight is 330 g/mol. The second-order valence-electron chi connectivity index (χ2n) is 5.41. The van der Waals surface area contributed by atoms with Crippen molar-refractivity contribution in [3.05, 3.63) is 0 Å². The zero-order chi connectivity index (χ0) is 17.8. The van der Waals surface area contributed by atoms with Crippen LogP contribution in [-0.2, 0) is 19.2 Å². The van der Waals surface area contributed by atoms with Crippen LogP contribution in [0.4, 0.5) is 0 Å². The van der Waals surface area contributed by atoms with Gasteiger partial charge >= 0.3 is 11.9 Å². The van der Waals surface area contributed by atoms with Gasteiger partial charge in [0, 0.05) is 12.8 Å². The number of amides is 2. The van der Waals surface area contributed by atoms with Crippen molar-refractivity contribution in [2.24, 2.45) is 5.73 Å². The molecular formula is C15H26N2O6. The lowest BCUT2D eigenvalue weighted by molar-refractivity contribution is -0.153. The van der Waals surface area contributed by atoms with Crippen molar-refractivity contribution < 1.29 is 29.4 Å². The molecule has 0 saturated heterocycles. The zero-order valence-electron chi connectivity index (χ0n) is 13.5. The van der Waals surface area contributed by atoms with Gasteiger partial charge in [0.1, 0.15) is 6.54 Å². The maximum Gasteiger partial charge on any atom is 0.323 e. The third-order valence-electron chi connectivity index (χ3n) is 3.34. The topological polar surface area (TPSA) is 138 Å². The molecule has 132 valence electrons. The number of hydrogen-bond donors (Lipinski definition) is 3. The molecule has 1 unspecified atom stereocenters. The third-order valence-corrected chi connectivity index (χ3v) is 3.34. The number of carbonyl (C=O) groups is 4. The van der Waals surface area contributed by atoms with Crippen molar-refractivity contribution in [3.8, 4) is 0 Å². The molecular weight excluding hydrogens is 304 g/mol. The summed E-state index contributed by atoms with van der Waals surface area (Å²) in [7, 11) is 0. The Morgan fingerprint density at radius 2 is 1.57 bits per heavy atom. The van der Waals surface area contributed by atoms with Gasteiger partial charge in [-0.2, -0.15) is 0 Å². The van der Waals surface area contributed by atoms with Gasteiger partial charge in [0.2, 0.25) is 11.8 Å². The largest absolute Gasteiger partial charge is 0.481 e. The summed E-state index contributed by atoms with van der Waals surface area (Å²) >= 11 is 0. The van der Waals surface area contributed by atoms with Gasteiger partial charge in [0.25, 0.3) is 0 Å². The molecule has 0 rings (SSSR count). The minimum atomic E-state index is -1.32. The molecule has 0 aliphatic carbocycles. The molecule has 0 spiro atoms. The van der Waals surface area contributed by atoms with Crippen LogP contribution < -0.4 is 5.73 Å². The number of unbranched alkanes of at least 4 members (excludes halogenated alkanes) is 4. The van der Waals surface area contributed by atoms with E-state index in [1.807, 2.05) is 0 Å². The van der Waals surface area contributed by atoms with Gasteiger partial charge in [0.15, 0.2) is 0 Å². The Kier molecular flexibility index (Phi) is 10.6. The predicted octanol–water partition coefficient (Wildman–Crippen LogP) is 0.979. The summed E-state index contributed by atoms with van der Waals surface area (Å²) in [6, 6.07) is -1.20. The Hall–Kier alpha value is -1.96. The molecule has 0 aliphatic rings. The van der Waals surface area contributed by atoms with Crippen molar-refractivity contribution >= 4 is 23.8 Å². The lowest BCUT2D eigenvalue weighted by atomic mass is 10.1. The number of carboxylic acids is 2. The van der Waals surface area contributed by atoms with E-state index in [0.29, 0.717) is 11.3 Å². The molecule has 0 fully saturated rings. The van der Waals surface area contributed by atoms with Crippen molar-refractivity contribution in [3.63, 3.8) is 0 Å². The Labute approximate surface area is 135 Å². The number of nitrogens with two attached hydrogens (primary N) is 1. The standard InChI is InChI=1S/C15H26N2O6/c1-2-3-4-5-6-7-12(18)17(10-14(21)22)15(23)11(16)8-9-13(19)20/h11H,2-10,16H2,1H3,(H,19,20)(H,21,22). The average Bonchev–Trinajstić information content (AvgIpc) is 2.48. The molecule has 23 heavy (non-hydrogen) atoms. The SMILES string of the molecule is CCCCCCCC(=O)N(CC(=O)O)C(=O)C(N)CCC(=O)O. The van der Waals surface area contributed by atoms with Gasteiger partial charge in [-0.1, -0.05) is 32.6 Å². The van der Waals surface area contributed by atoms with Gasteiger partial charge < -0.3 is 15.9 Å². The monoisotopic (exact) mass is 330 g/mol. The maximum atomic E-state index is 12.1. The molecule has 0 aromatic carbocycles. The Morgan fingerprint density at radius 3 is 2.09 bits per heavy atom. The smallest absolute Gasteiger partial charge is 0.323 e. The van der Waals surface area contributed by atoms with Crippen molar-refractivity contribution in [2.75, 3.05) is 6.54 Å². The number of aliphatic carboxylic acids is 2. The molecule has 1 atom stereocenters. The van der Waals surface area contributed by atoms with Gasteiger partial charge in [-0.15, -0.1) is 0 Å². The summed E-state index contributed by atoms with van der Waals surface area (Å²) < 4.78 is 0. The fraction of sp³-hybridized carbons (Fsp3) is 0.733. The first-order valence-electron chi connectivity index (χ1n) is 7.83. The molecule has 0 aromatic rings. The Bertz CT molecular complexity index is 424. The summed E-state index contributed by atoms with van der Waals surface area (Å²) in [5.74, 6) is -3.85. The summed E-state index contributed by atoms with van der Waals surface area (Å²) in [5, 5.41) is 17.4. The van der Waals surface area contributed by atoms with Gasteiger partial charge in [-0.05, 0) is 12.8 Å². The lowest BCUT2D eigenvalue weighted by Gasteiger charge is -2.22. The van der Waals surface area contributed by atoms with Gasteiger partial charge in [0.05, 0.1) is 6.04 Å². The number of imide groups is 1. The molecule has 0 bridgehead atoms. The van der Waals surface area contributed by atoms with Crippen LogP contribution in [0.1, 0.15) is 58.3 Å². The predicted molar refractivity (Wildman–Crippen MR) is 82.6 cm³/mol. The molecule has 0 radical (unpaired) electrons. The molecule has 0 heterocycles. The molecule has 0 aromatic heterocycles. The molecule has 0 aliphatic heterocycles. The highest BCUT2D eigenvalue weighted by Gasteiger charge is 2.28. The second-order valence-corrected chi connectivity index (χ2v) is 5.41. The summed E-state index contributed by atoms with van der Waals surface area (Å²) in [5.41, 5.74) is 5.57. The fourth-order valence-corrected chi connectivity index (χ4v) is 2.04. The number of carbonyl (C=O) groups excluding carboxylic acids is 2. The van der Waals surface area contributed by atoms with Crippen LogP contribution in [0.25, 0.3) is 0 Å². The number of carboxylic acid groups (broad SMARTS) is 2. The van der Waals surface area contributed by atoms with E-state index in [0.717, 1.165) is 25.7 Å². The maximum absolute atomic E-state index is 12.1. The van der Waals surface area contributed by atoms with E-state index < -0.39 is 36.3 Å². The summed E-state index contributed by atoms with van der Waals surface area (Å²) in [4.78, 5) is 46.1. The minimum absolute atomic E-state index is 0.0778. The van der Waals surface area contributed by atoms with E-state index in [9.17, 15) is 19.2 Å². The van der Waals surface area contributed by atoms with Crippen LogP contribution in [0.2, 0.25) is 0 Å². The molecule has 2 amide bonds. The molecule has 0 saturated carbocycles. The van der Waals surface area contributed by atoms with E-state index >= 15 is 0 Å².